The number of aromatic nitrogens is 1. The van der Waals surface area contributed by atoms with E-state index in [1.54, 1.807) is 18.3 Å². The zero-order valence-corrected chi connectivity index (χ0v) is 18.9. The van der Waals surface area contributed by atoms with Crippen LogP contribution in [-0.4, -0.2) is 58.5 Å². The second kappa shape index (κ2) is 10.9. The lowest BCUT2D eigenvalue weighted by Gasteiger charge is -2.20. The predicted molar refractivity (Wildman–Crippen MR) is 128 cm³/mol. The Morgan fingerprint density at radius 3 is 2.23 bits per heavy atom. The van der Waals surface area contributed by atoms with Crippen molar-refractivity contribution in [2.24, 2.45) is 0 Å². The summed E-state index contributed by atoms with van der Waals surface area (Å²) in [6.07, 6.45) is -0.616. The Balaban J connectivity index is 1.40. The van der Waals surface area contributed by atoms with Crippen molar-refractivity contribution in [1.29, 1.82) is 0 Å². The van der Waals surface area contributed by atoms with Crippen LogP contribution in [0.4, 0.5) is 4.79 Å². The number of hydrogen-bond donors (Lipinski definition) is 5. The fraction of sp³-hybridized carbons (Fsp3) is 0.269. The number of fused-ring (bicyclic) bond motifs is 3. The van der Waals surface area contributed by atoms with E-state index in [2.05, 4.69) is 15.6 Å². The zero-order valence-electron chi connectivity index (χ0n) is 18.9. The number of benzene rings is 2. The summed E-state index contributed by atoms with van der Waals surface area (Å²) in [5, 5.41) is 23.6. The summed E-state index contributed by atoms with van der Waals surface area (Å²) in [6.45, 7) is -0.146. The van der Waals surface area contributed by atoms with Crippen LogP contribution in [0, 0.1) is 0 Å². The number of carboxylic acid groups (broad SMARTS) is 1. The standard InChI is InChI=1S/C26H27N3O6/c30-17(13-24(31)32)14-28-25(33)23(12-16-6-5-11-27-16)29-26(34)35-15-22-20-9-3-1-7-18(20)19-8-2-4-10-21(19)22/h1-11,17,22-23,27,30H,12-15H2,(H,28,33)(H,29,34)(H,31,32). The molecule has 3 aromatic rings. The summed E-state index contributed by atoms with van der Waals surface area (Å²) in [4.78, 5) is 39.1. The van der Waals surface area contributed by atoms with Crippen LogP contribution >= 0.6 is 0 Å². The first-order chi connectivity index (χ1) is 16.9. The fourth-order valence-electron chi connectivity index (χ4n) is 4.32. The van der Waals surface area contributed by atoms with Gasteiger partial charge in [-0.25, -0.2) is 4.79 Å². The third kappa shape index (κ3) is 5.88. The van der Waals surface area contributed by atoms with Gasteiger partial charge in [0.05, 0.1) is 12.5 Å². The van der Waals surface area contributed by atoms with E-state index in [0.717, 1.165) is 27.9 Å². The number of nitrogens with one attached hydrogen (secondary N) is 3. The molecule has 0 saturated carbocycles. The summed E-state index contributed by atoms with van der Waals surface area (Å²) >= 11 is 0. The molecule has 4 rings (SSSR count). The lowest BCUT2D eigenvalue weighted by molar-refractivity contribution is -0.139. The molecule has 0 radical (unpaired) electrons. The largest absolute Gasteiger partial charge is 0.481 e. The van der Waals surface area contributed by atoms with Crippen LogP contribution < -0.4 is 10.6 Å². The molecular formula is C26H27N3O6. The summed E-state index contributed by atoms with van der Waals surface area (Å²) in [5.41, 5.74) is 5.10. The maximum absolute atomic E-state index is 12.7. The number of carbonyl (C=O) groups excluding carboxylic acids is 2. The molecule has 2 unspecified atom stereocenters. The number of rotatable bonds is 10. The molecule has 0 saturated heterocycles. The Hall–Kier alpha value is -4.11. The highest BCUT2D eigenvalue weighted by molar-refractivity contribution is 5.86. The van der Waals surface area contributed by atoms with E-state index in [4.69, 9.17) is 9.84 Å². The number of aliphatic carboxylic acids is 1. The van der Waals surface area contributed by atoms with Gasteiger partial charge in [0.2, 0.25) is 5.91 Å². The van der Waals surface area contributed by atoms with E-state index < -0.39 is 36.5 Å². The highest BCUT2D eigenvalue weighted by Gasteiger charge is 2.30. The monoisotopic (exact) mass is 477 g/mol. The first kappa shape index (κ1) is 24.0. The predicted octanol–water partition coefficient (Wildman–Crippen LogP) is 2.42. The second-order valence-electron chi connectivity index (χ2n) is 8.42. The van der Waals surface area contributed by atoms with Crippen molar-refractivity contribution in [3.63, 3.8) is 0 Å². The van der Waals surface area contributed by atoms with Gasteiger partial charge in [-0.1, -0.05) is 48.5 Å². The molecule has 35 heavy (non-hydrogen) atoms. The number of alkyl carbamates (subject to hydrolysis) is 1. The van der Waals surface area contributed by atoms with Crippen molar-refractivity contribution in [1.82, 2.24) is 15.6 Å². The normalized spacial score (nSPS) is 13.9. The third-order valence-electron chi connectivity index (χ3n) is 5.96. The number of carbonyl (C=O) groups is 3. The van der Waals surface area contributed by atoms with Gasteiger partial charge < -0.3 is 30.6 Å². The number of amides is 2. The number of ether oxygens (including phenoxy) is 1. The van der Waals surface area contributed by atoms with E-state index in [-0.39, 0.29) is 25.5 Å². The van der Waals surface area contributed by atoms with E-state index in [9.17, 15) is 19.5 Å². The summed E-state index contributed by atoms with van der Waals surface area (Å²) < 4.78 is 5.55. The molecule has 1 aliphatic carbocycles. The van der Waals surface area contributed by atoms with Crippen molar-refractivity contribution in [3.05, 3.63) is 83.7 Å². The first-order valence-corrected chi connectivity index (χ1v) is 11.3. The number of aliphatic hydroxyl groups is 1. The van der Waals surface area contributed by atoms with Crippen LogP contribution in [0.25, 0.3) is 11.1 Å². The van der Waals surface area contributed by atoms with Crippen molar-refractivity contribution in [2.45, 2.75) is 30.9 Å². The molecule has 0 aliphatic heterocycles. The lowest BCUT2D eigenvalue weighted by atomic mass is 9.98. The average molecular weight is 478 g/mol. The van der Waals surface area contributed by atoms with E-state index in [1.807, 2.05) is 48.5 Å². The Labute approximate surface area is 202 Å². The van der Waals surface area contributed by atoms with Crippen LogP contribution in [0.5, 0.6) is 0 Å². The Morgan fingerprint density at radius 1 is 0.971 bits per heavy atom. The van der Waals surface area contributed by atoms with Crippen molar-refractivity contribution >= 4 is 18.0 Å². The quantitative estimate of drug-likeness (QED) is 0.304. The van der Waals surface area contributed by atoms with Crippen LogP contribution in [0.3, 0.4) is 0 Å². The topological polar surface area (TPSA) is 141 Å². The highest BCUT2D eigenvalue weighted by atomic mass is 16.5. The molecule has 1 aliphatic rings. The van der Waals surface area contributed by atoms with Crippen molar-refractivity contribution < 1.29 is 29.3 Å². The summed E-state index contributed by atoms with van der Waals surface area (Å²) in [5.74, 6) is -1.85. The van der Waals surface area contributed by atoms with Crippen LogP contribution in [-0.2, 0) is 20.7 Å². The molecule has 1 aromatic heterocycles. The molecule has 0 bridgehead atoms. The number of aromatic amines is 1. The molecule has 1 heterocycles. The first-order valence-electron chi connectivity index (χ1n) is 11.3. The minimum Gasteiger partial charge on any atom is -0.481 e. The van der Waals surface area contributed by atoms with Gasteiger partial charge in [0.25, 0.3) is 0 Å². The molecule has 9 nitrogen and oxygen atoms in total. The average Bonchev–Trinajstić information content (AvgIpc) is 3.46. The minimum absolute atomic E-state index is 0.105. The molecule has 0 spiro atoms. The molecule has 2 atom stereocenters. The van der Waals surface area contributed by atoms with E-state index in [0.29, 0.717) is 0 Å². The summed E-state index contributed by atoms with van der Waals surface area (Å²) in [7, 11) is 0. The van der Waals surface area contributed by atoms with Crippen LogP contribution in [0.1, 0.15) is 29.2 Å². The van der Waals surface area contributed by atoms with Gasteiger partial charge in [0.15, 0.2) is 0 Å². The van der Waals surface area contributed by atoms with Gasteiger partial charge in [-0.15, -0.1) is 0 Å². The zero-order chi connectivity index (χ0) is 24.8. The Kier molecular flexibility index (Phi) is 7.47. The van der Waals surface area contributed by atoms with Gasteiger partial charge in [0, 0.05) is 30.8 Å². The van der Waals surface area contributed by atoms with Gasteiger partial charge in [-0.05, 0) is 34.4 Å². The van der Waals surface area contributed by atoms with Gasteiger partial charge >= 0.3 is 12.1 Å². The maximum Gasteiger partial charge on any atom is 0.407 e. The second-order valence-corrected chi connectivity index (χ2v) is 8.42. The molecule has 182 valence electrons. The van der Waals surface area contributed by atoms with Crippen LogP contribution in [0.15, 0.2) is 66.9 Å². The number of aliphatic hydroxyl groups excluding tert-OH is 1. The molecule has 2 aromatic carbocycles. The Morgan fingerprint density at radius 2 is 1.63 bits per heavy atom. The Bertz CT molecular complexity index is 1150. The van der Waals surface area contributed by atoms with Crippen molar-refractivity contribution in [2.75, 3.05) is 13.2 Å². The van der Waals surface area contributed by atoms with E-state index in [1.165, 1.54) is 0 Å². The van der Waals surface area contributed by atoms with Gasteiger partial charge in [-0.2, -0.15) is 0 Å². The van der Waals surface area contributed by atoms with Crippen molar-refractivity contribution in [3.8, 4) is 11.1 Å². The number of hydrogen-bond acceptors (Lipinski definition) is 5. The molecule has 9 heteroatoms. The SMILES string of the molecule is O=C(O)CC(O)CNC(=O)C(Cc1ccc[nH]1)NC(=O)OCC1c2ccccc2-c2ccccc21. The van der Waals surface area contributed by atoms with Crippen LogP contribution in [0.2, 0.25) is 0 Å². The summed E-state index contributed by atoms with van der Waals surface area (Å²) in [6, 6.07) is 18.5. The fourth-order valence-corrected chi connectivity index (χ4v) is 4.32. The highest BCUT2D eigenvalue weighted by Crippen LogP contribution is 2.44. The van der Waals surface area contributed by atoms with E-state index >= 15 is 0 Å². The molecule has 2 amide bonds. The van der Waals surface area contributed by atoms with Gasteiger partial charge in [0.1, 0.15) is 12.6 Å². The molecule has 0 fully saturated rings. The number of carboxylic acids is 1. The minimum atomic E-state index is -1.24. The maximum atomic E-state index is 12.7. The molecular weight excluding hydrogens is 450 g/mol. The lowest BCUT2D eigenvalue weighted by Crippen LogP contribution is -2.49. The van der Waals surface area contributed by atoms with Gasteiger partial charge in [-0.3, -0.25) is 9.59 Å². The third-order valence-corrected chi connectivity index (χ3v) is 5.96. The smallest absolute Gasteiger partial charge is 0.407 e. The molecule has 5 N–H and O–H groups in total. The number of H-pyrrole nitrogens is 1.